The Hall–Kier alpha value is -0.0800. The maximum atomic E-state index is 4.69. The summed E-state index contributed by atoms with van der Waals surface area (Å²) in [5.74, 6) is 0. The number of hydrogen-bond acceptors (Lipinski definition) is 2. The topological polar surface area (TPSA) is 25.1 Å². The normalized spacial score (nSPS) is 15.8. The zero-order valence-electron chi connectivity index (χ0n) is 10.2. The SMILES string of the molecule is CCCCCCCCCCCCC1OO1. The summed E-state index contributed by atoms with van der Waals surface area (Å²) < 4.78 is 0. The van der Waals surface area contributed by atoms with Crippen LogP contribution in [-0.4, -0.2) is 6.29 Å². The van der Waals surface area contributed by atoms with Crippen LogP contribution in [0.5, 0.6) is 0 Å². The van der Waals surface area contributed by atoms with Gasteiger partial charge < -0.3 is 0 Å². The second kappa shape index (κ2) is 9.17. The average molecular weight is 214 g/mol. The molecular formula is C13H26O2. The summed E-state index contributed by atoms with van der Waals surface area (Å²) in [4.78, 5) is 9.38. The van der Waals surface area contributed by atoms with E-state index in [-0.39, 0.29) is 6.29 Å². The molecule has 1 heterocycles. The van der Waals surface area contributed by atoms with Gasteiger partial charge in [0, 0.05) is 6.42 Å². The summed E-state index contributed by atoms with van der Waals surface area (Å²) in [5, 5.41) is 0. The number of unbranched alkanes of at least 4 members (excludes halogenated alkanes) is 9. The lowest BCUT2D eigenvalue weighted by atomic mass is 10.1. The minimum atomic E-state index is 0.152. The van der Waals surface area contributed by atoms with E-state index in [9.17, 15) is 0 Å². The summed E-state index contributed by atoms with van der Waals surface area (Å²) in [6, 6.07) is 0. The highest BCUT2D eigenvalue weighted by Crippen LogP contribution is 2.20. The summed E-state index contributed by atoms with van der Waals surface area (Å²) in [7, 11) is 0. The van der Waals surface area contributed by atoms with Gasteiger partial charge in [-0.05, 0) is 6.42 Å². The average Bonchev–Trinajstić information content (AvgIpc) is 3.05. The Morgan fingerprint density at radius 2 is 1.13 bits per heavy atom. The van der Waals surface area contributed by atoms with Crippen LogP contribution in [0.4, 0.5) is 0 Å². The van der Waals surface area contributed by atoms with E-state index in [1.807, 2.05) is 0 Å². The summed E-state index contributed by atoms with van der Waals surface area (Å²) >= 11 is 0. The minimum Gasteiger partial charge on any atom is -0.199 e. The maximum Gasteiger partial charge on any atom is 0.224 e. The van der Waals surface area contributed by atoms with Crippen molar-refractivity contribution < 1.29 is 9.78 Å². The molecule has 1 aliphatic rings. The van der Waals surface area contributed by atoms with Crippen LogP contribution in [0.25, 0.3) is 0 Å². The maximum absolute atomic E-state index is 4.69. The van der Waals surface area contributed by atoms with Crippen LogP contribution >= 0.6 is 0 Å². The van der Waals surface area contributed by atoms with Crippen molar-refractivity contribution in [1.82, 2.24) is 0 Å². The van der Waals surface area contributed by atoms with E-state index in [0.29, 0.717) is 0 Å². The predicted octanol–water partition coefficient (Wildman–Crippen LogP) is 4.59. The van der Waals surface area contributed by atoms with Crippen LogP contribution in [0, 0.1) is 0 Å². The van der Waals surface area contributed by atoms with Crippen molar-refractivity contribution in [3.8, 4) is 0 Å². The molecule has 2 nitrogen and oxygen atoms in total. The van der Waals surface area contributed by atoms with Crippen molar-refractivity contribution >= 4 is 0 Å². The van der Waals surface area contributed by atoms with Gasteiger partial charge in [0.05, 0.1) is 0 Å². The lowest BCUT2D eigenvalue weighted by molar-refractivity contribution is 0.0850. The largest absolute Gasteiger partial charge is 0.224 e. The van der Waals surface area contributed by atoms with Gasteiger partial charge in [0.25, 0.3) is 0 Å². The zero-order chi connectivity index (χ0) is 10.8. The Labute approximate surface area is 94.3 Å². The molecule has 2 heteroatoms. The van der Waals surface area contributed by atoms with E-state index in [1.54, 1.807) is 0 Å². The smallest absolute Gasteiger partial charge is 0.199 e. The third-order valence-corrected chi connectivity index (χ3v) is 3.03. The third-order valence-electron chi connectivity index (χ3n) is 3.03. The van der Waals surface area contributed by atoms with Gasteiger partial charge in [0.1, 0.15) is 0 Å². The molecule has 0 aromatic heterocycles. The summed E-state index contributed by atoms with van der Waals surface area (Å²) in [6.07, 6.45) is 15.2. The van der Waals surface area contributed by atoms with Crippen molar-refractivity contribution in [2.24, 2.45) is 0 Å². The van der Waals surface area contributed by atoms with Crippen molar-refractivity contribution in [2.45, 2.75) is 83.8 Å². The Kier molecular flexibility index (Phi) is 7.94. The Balaban J connectivity index is 1.62. The molecule has 90 valence electrons. The van der Waals surface area contributed by atoms with E-state index in [0.717, 1.165) is 6.42 Å². The van der Waals surface area contributed by atoms with Gasteiger partial charge in [-0.1, -0.05) is 64.7 Å². The highest BCUT2D eigenvalue weighted by molar-refractivity contribution is 4.51. The highest BCUT2D eigenvalue weighted by Gasteiger charge is 2.24. The van der Waals surface area contributed by atoms with Crippen LogP contribution in [0.2, 0.25) is 0 Å². The zero-order valence-corrected chi connectivity index (χ0v) is 10.2. The monoisotopic (exact) mass is 214 g/mol. The molecule has 1 fully saturated rings. The molecule has 0 saturated carbocycles. The Morgan fingerprint density at radius 3 is 1.60 bits per heavy atom. The number of hydrogen-bond donors (Lipinski definition) is 0. The quantitative estimate of drug-likeness (QED) is 0.285. The van der Waals surface area contributed by atoms with Crippen molar-refractivity contribution in [1.29, 1.82) is 0 Å². The Bertz CT molecular complexity index is 132. The summed E-state index contributed by atoms with van der Waals surface area (Å²) in [6.45, 7) is 2.27. The van der Waals surface area contributed by atoms with E-state index in [1.165, 1.54) is 64.2 Å². The molecule has 0 radical (unpaired) electrons. The van der Waals surface area contributed by atoms with Gasteiger partial charge in [-0.3, -0.25) is 0 Å². The first kappa shape index (κ1) is 13.0. The standard InChI is InChI=1S/C13H26O2/c1-2-3-4-5-6-7-8-9-10-11-12-13-14-15-13/h13H,2-12H2,1H3. The fraction of sp³-hybridized carbons (Fsp3) is 1.00. The van der Waals surface area contributed by atoms with Gasteiger partial charge in [0.2, 0.25) is 6.29 Å². The molecule has 0 aromatic rings. The van der Waals surface area contributed by atoms with Gasteiger partial charge >= 0.3 is 0 Å². The molecule has 0 unspecified atom stereocenters. The molecule has 0 atom stereocenters. The molecular weight excluding hydrogens is 188 g/mol. The van der Waals surface area contributed by atoms with Crippen LogP contribution < -0.4 is 0 Å². The third kappa shape index (κ3) is 8.88. The van der Waals surface area contributed by atoms with Crippen LogP contribution in [0.1, 0.15) is 77.6 Å². The lowest BCUT2D eigenvalue weighted by Gasteiger charge is -2.00. The Morgan fingerprint density at radius 1 is 0.667 bits per heavy atom. The van der Waals surface area contributed by atoms with Gasteiger partial charge in [-0.25, -0.2) is 0 Å². The molecule has 0 aromatic carbocycles. The first-order chi connectivity index (χ1) is 7.43. The van der Waals surface area contributed by atoms with Crippen LogP contribution in [-0.2, 0) is 9.78 Å². The molecule has 1 rings (SSSR count). The molecule has 15 heavy (non-hydrogen) atoms. The number of rotatable bonds is 11. The molecule has 0 aliphatic carbocycles. The van der Waals surface area contributed by atoms with Crippen LogP contribution in [0.15, 0.2) is 0 Å². The second-order valence-electron chi connectivity index (χ2n) is 4.59. The minimum absolute atomic E-state index is 0.152. The van der Waals surface area contributed by atoms with E-state index < -0.39 is 0 Å². The lowest BCUT2D eigenvalue weighted by Crippen LogP contribution is -1.85. The first-order valence-electron chi connectivity index (χ1n) is 6.75. The van der Waals surface area contributed by atoms with Crippen LogP contribution in [0.3, 0.4) is 0 Å². The van der Waals surface area contributed by atoms with Gasteiger partial charge in [0.15, 0.2) is 0 Å². The highest BCUT2D eigenvalue weighted by atomic mass is 17.4. The van der Waals surface area contributed by atoms with E-state index in [2.05, 4.69) is 6.92 Å². The predicted molar refractivity (Wildman–Crippen MR) is 62.4 cm³/mol. The van der Waals surface area contributed by atoms with Gasteiger partial charge in [-0.2, -0.15) is 9.78 Å². The van der Waals surface area contributed by atoms with Crippen molar-refractivity contribution in [2.75, 3.05) is 0 Å². The fourth-order valence-electron chi connectivity index (χ4n) is 1.93. The molecule has 0 N–H and O–H groups in total. The van der Waals surface area contributed by atoms with Gasteiger partial charge in [-0.15, -0.1) is 0 Å². The van der Waals surface area contributed by atoms with Crippen molar-refractivity contribution in [3.63, 3.8) is 0 Å². The molecule has 0 spiro atoms. The summed E-state index contributed by atoms with van der Waals surface area (Å²) in [5.41, 5.74) is 0. The van der Waals surface area contributed by atoms with E-state index >= 15 is 0 Å². The molecule has 1 saturated heterocycles. The van der Waals surface area contributed by atoms with E-state index in [4.69, 9.17) is 9.78 Å². The second-order valence-corrected chi connectivity index (χ2v) is 4.59. The molecule has 0 amide bonds. The molecule has 1 aliphatic heterocycles. The molecule has 0 bridgehead atoms. The first-order valence-corrected chi connectivity index (χ1v) is 6.75. The van der Waals surface area contributed by atoms with Crippen molar-refractivity contribution in [3.05, 3.63) is 0 Å². The fourth-order valence-corrected chi connectivity index (χ4v) is 1.93.